The highest BCUT2D eigenvalue weighted by molar-refractivity contribution is 7.22. The number of rotatable bonds is 4. The zero-order valence-electron chi connectivity index (χ0n) is 17.5. The number of nitrogens with zero attached hydrogens (tertiary/aromatic N) is 2. The molecule has 2 aromatic heterocycles. The molecule has 1 aliphatic rings. The van der Waals surface area contributed by atoms with Gasteiger partial charge in [0.25, 0.3) is 5.78 Å². The molecule has 33 heavy (non-hydrogen) atoms. The highest BCUT2D eigenvalue weighted by Crippen LogP contribution is 2.45. The molecule has 166 valence electrons. The number of methoxy groups -OCH3 is 1. The lowest BCUT2D eigenvalue weighted by molar-refractivity contribution is -0.132. The average Bonchev–Trinajstić information content (AvgIpc) is 3.49. The number of benzene rings is 2. The number of aromatic nitrogens is 1. The number of halogens is 1. The van der Waals surface area contributed by atoms with Crippen LogP contribution in [-0.2, 0) is 9.59 Å². The molecule has 3 heterocycles. The molecule has 7 nitrogen and oxygen atoms in total. The van der Waals surface area contributed by atoms with E-state index in [4.69, 9.17) is 9.15 Å². The van der Waals surface area contributed by atoms with Gasteiger partial charge in [0.05, 0.1) is 22.9 Å². The Morgan fingerprint density at radius 3 is 2.58 bits per heavy atom. The zero-order chi connectivity index (χ0) is 23.3. The smallest absolute Gasteiger partial charge is 0.302 e. The lowest BCUT2D eigenvalue weighted by Gasteiger charge is -2.20. The van der Waals surface area contributed by atoms with Crippen molar-refractivity contribution in [1.82, 2.24) is 4.98 Å². The van der Waals surface area contributed by atoms with Crippen molar-refractivity contribution in [2.75, 3.05) is 12.0 Å². The lowest BCUT2D eigenvalue weighted by Crippen LogP contribution is -2.29. The molecule has 1 atom stereocenters. The number of hydrogen-bond donors (Lipinski definition) is 1. The Kier molecular flexibility index (Phi) is 4.98. The minimum Gasteiger partial charge on any atom is -0.507 e. The van der Waals surface area contributed by atoms with E-state index in [-0.39, 0.29) is 16.3 Å². The van der Waals surface area contributed by atoms with Gasteiger partial charge in [-0.25, -0.2) is 9.37 Å². The van der Waals surface area contributed by atoms with E-state index in [1.54, 1.807) is 44.4 Å². The molecule has 1 amide bonds. The number of carbonyl (C=O) groups is 2. The third-order valence-corrected chi connectivity index (χ3v) is 6.40. The van der Waals surface area contributed by atoms with E-state index in [1.165, 1.54) is 28.4 Å². The van der Waals surface area contributed by atoms with E-state index in [0.717, 1.165) is 16.8 Å². The van der Waals surface area contributed by atoms with Crippen molar-refractivity contribution in [3.05, 3.63) is 83.1 Å². The molecule has 1 N–H and O–H groups in total. The molecule has 1 unspecified atom stereocenters. The molecule has 1 fully saturated rings. The number of anilines is 1. The summed E-state index contributed by atoms with van der Waals surface area (Å²) in [4.78, 5) is 32.0. The van der Waals surface area contributed by atoms with Crippen LogP contribution in [0.5, 0.6) is 5.75 Å². The fourth-order valence-electron chi connectivity index (χ4n) is 3.79. The van der Waals surface area contributed by atoms with Crippen LogP contribution in [0.1, 0.15) is 23.1 Å². The quantitative estimate of drug-likeness (QED) is 0.260. The number of aliphatic hydroxyl groups is 1. The Bertz CT molecular complexity index is 1440. The van der Waals surface area contributed by atoms with Crippen LogP contribution in [0.2, 0.25) is 0 Å². The number of fused-ring (bicyclic) bond motifs is 1. The minimum absolute atomic E-state index is 0.155. The second-order valence-corrected chi connectivity index (χ2v) is 8.46. The van der Waals surface area contributed by atoms with E-state index in [0.29, 0.717) is 22.8 Å². The molecule has 4 aromatic rings. The fraction of sp³-hybridized carbons (Fsp3) is 0.125. The summed E-state index contributed by atoms with van der Waals surface area (Å²) >= 11 is 1.21. The van der Waals surface area contributed by atoms with E-state index in [1.807, 2.05) is 0 Å². The van der Waals surface area contributed by atoms with Gasteiger partial charge in [-0.2, -0.15) is 0 Å². The molecule has 0 saturated carbocycles. The van der Waals surface area contributed by atoms with Crippen LogP contribution < -0.4 is 9.64 Å². The van der Waals surface area contributed by atoms with Gasteiger partial charge < -0.3 is 14.3 Å². The average molecular weight is 464 g/mol. The van der Waals surface area contributed by atoms with Crippen LogP contribution in [0.3, 0.4) is 0 Å². The molecule has 1 aliphatic heterocycles. The Balaban J connectivity index is 1.70. The van der Waals surface area contributed by atoms with E-state index >= 15 is 0 Å². The Labute approximate surface area is 191 Å². The van der Waals surface area contributed by atoms with Crippen LogP contribution in [0.4, 0.5) is 9.52 Å². The number of Topliss-reactive ketones (excluding diaryl/α,β-unsaturated/α-hetero) is 1. The SMILES string of the molecule is COc1ccc2nc(N3C(=O)C(=O)/C(=C(/O)c4ccc(F)cc4)C3c3ccc(C)o3)sc2c1. The normalized spacial score (nSPS) is 17.8. The first-order valence-corrected chi connectivity index (χ1v) is 10.8. The highest BCUT2D eigenvalue weighted by Gasteiger charge is 2.49. The molecule has 0 aliphatic carbocycles. The maximum Gasteiger partial charge on any atom is 0.302 e. The molecule has 9 heteroatoms. The Hall–Kier alpha value is -3.98. The third kappa shape index (κ3) is 3.46. The van der Waals surface area contributed by atoms with Crippen LogP contribution in [0.25, 0.3) is 16.0 Å². The van der Waals surface area contributed by atoms with Crippen LogP contribution in [0, 0.1) is 12.7 Å². The second-order valence-electron chi connectivity index (χ2n) is 7.45. The molecular formula is C24H17FN2O5S. The summed E-state index contributed by atoms with van der Waals surface area (Å²) in [7, 11) is 1.55. The van der Waals surface area contributed by atoms with Crippen molar-refractivity contribution in [1.29, 1.82) is 0 Å². The number of ketones is 1. The van der Waals surface area contributed by atoms with Gasteiger partial charge in [0.1, 0.15) is 34.9 Å². The van der Waals surface area contributed by atoms with Gasteiger partial charge in [0.2, 0.25) is 0 Å². The number of ether oxygens (including phenoxy) is 1. The molecule has 5 rings (SSSR count). The maximum atomic E-state index is 13.4. The monoisotopic (exact) mass is 464 g/mol. The number of aliphatic hydroxyl groups excluding tert-OH is 1. The van der Waals surface area contributed by atoms with Gasteiger partial charge >= 0.3 is 5.91 Å². The van der Waals surface area contributed by atoms with Gasteiger partial charge in [0, 0.05) is 5.56 Å². The second kappa shape index (κ2) is 7.86. The van der Waals surface area contributed by atoms with Crippen LogP contribution >= 0.6 is 11.3 Å². The third-order valence-electron chi connectivity index (χ3n) is 5.38. The Morgan fingerprint density at radius 2 is 1.91 bits per heavy atom. The summed E-state index contributed by atoms with van der Waals surface area (Å²) < 4.78 is 25.2. The van der Waals surface area contributed by atoms with Gasteiger partial charge in [-0.15, -0.1) is 0 Å². The first-order chi connectivity index (χ1) is 15.9. The molecular weight excluding hydrogens is 447 g/mol. The van der Waals surface area contributed by atoms with E-state index < -0.39 is 29.3 Å². The topological polar surface area (TPSA) is 92.9 Å². The summed E-state index contributed by atoms with van der Waals surface area (Å²) in [6, 6.07) is 12.6. The molecule has 1 saturated heterocycles. The number of thiazole rings is 1. The van der Waals surface area contributed by atoms with Crippen molar-refractivity contribution in [2.24, 2.45) is 0 Å². The molecule has 0 radical (unpaired) electrons. The maximum absolute atomic E-state index is 13.4. The number of aryl methyl sites for hydroxylation is 1. The fourth-order valence-corrected chi connectivity index (χ4v) is 4.81. The van der Waals surface area contributed by atoms with Crippen LogP contribution in [0.15, 0.2) is 64.6 Å². The van der Waals surface area contributed by atoms with Crippen molar-refractivity contribution in [3.63, 3.8) is 0 Å². The number of hydrogen-bond acceptors (Lipinski definition) is 7. The van der Waals surface area contributed by atoms with Crippen molar-refractivity contribution < 1.29 is 28.2 Å². The summed E-state index contributed by atoms with van der Waals surface area (Å²) in [5, 5.41) is 11.3. The summed E-state index contributed by atoms with van der Waals surface area (Å²) in [5.41, 5.74) is 0.681. The van der Waals surface area contributed by atoms with Gasteiger partial charge in [-0.1, -0.05) is 11.3 Å². The number of furan rings is 1. The van der Waals surface area contributed by atoms with E-state index in [2.05, 4.69) is 4.98 Å². The zero-order valence-corrected chi connectivity index (χ0v) is 18.4. The highest BCUT2D eigenvalue weighted by atomic mass is 32.1. The predicted molar refractivity (Wildman–Crippen MR) is 121 cm³/mol. The Morgan fingerprint density at radius 1 is 1.15 bits per heavy atom. The van der Waals surface area contributed by atoms with Gasteiger partial charge in [-0.3, -0.25) is 14.5 Å². The molecule has 2 aromatic carbocycles. The summed E-state index contributed by atoms with van der Waals surface area (Å²) in [6.07, 6.45) is 0. The predicted octanol–water partition coefficient (Wildman–Crippen LogP) is 4.97. The first-order valence-electron chi connectivity index (χ1n) is 9.95. The standard InChI is InChI=1S/C24H17FN2O5S/c1-12-3-10-17(32-12)20-19(21(28)13-4-6-14(25)7-5-13)22(29)23(30)27(20)24-26-16-9-8-15(31-2)11-18(16)33-24/h3-11,20,28H,1-2H3/b21-19+. The first kappa shape index (κ1) is 20.9. The lowest BCUT2D eigenvalue weighted by atomic mass is 9.99. The van der Waals surface area contributed by atoms with Gasteiger partial charge in [-0.05, 0) is 61.5 Å². The van der Waals surface area contributed by atoms with Crippen molar-refractivity contribution in [2.45, 2.75) is 13.0 Å². The van der Waals surface area contributed by atoms with Crippen molar-refractivity contribution >= 4 is 44.1 Å². The van der Waals surface area contributed by atoms with Crippen molar-refractivity contribution in [3.8, 4) is 5.75 Å². The summed E-state index contributed by atoms with van der Waals surface area (Å²) in [6.45, 7) is 1.74. The molecule has 0 bridgehead atoms. The number of amides is 1. The van der Waals surface area contributed by atoms with E-state index in [9.17, 15) is 19.1 Å². The van der Waals surface area contributed by atoms with Crippen LogP contribution in [-0.4, -0.2) is 28.9 Å². The van der Waals surface area contributed by atoms with Gasteiger partial charge in [0.15, 0.2) is 5.13 Å². The minimum atomic E-state index is -1.04. The largest absolute Gasteiger partial charge is 0.507 e. The summed E-state index contributed by atoms with van der Waals surface area (Å²) in [5.74, 6) is -1.13. The molecule has 0 spiro atoms. The number of carbonyl (C=O) groups excluding carboxylic acids is 2.